The number of aromatic nitrogens is 2. The molecule has 0 bridgehead atoms. The van der Waals surface area contributed by atoms with Gasteiger partial charge in [-0.05, 0) is 25.2 Å². The van der Waals surface area contributed by atoms with Crippen molar-refractivity contribution in [2.24, 2.45) is 5.41 Å². The van der Waals surface area contributed by atoms with Crippen LogP contribution >= 0.6 is 11.6 Å². The zero-order valence-electron chi connectivity index (χ0n) is 13.4. The first-order valence-electron chi connectivity index (χ1n) is 7.98. The molecule has 0 N–H and O–H groups in total. The Morgan fingerprint density at radius 1 is 1.19 bits per heavy atom. The molecule has 0 amide bonds. The number of nitrogens with zero attached hydrogens (tertiary/aromatic N) is 3. The van der Waals surface area contributed by atoms with E-state index < -0.39 is 0 Å². The van der Waals surface area contributed by atoms with E-state index in [9.17, 15) is 0 Å². The molecule has 21 heavy (non-hydrogen) atoms. The summed E-state index contributed by atoms with van der Waals surface area (Å²) in [5.74, 6) is 1.60. The zero-order valence-corrected chi connectivity index (χ0v) is 14.1. The predicted molar refractivity (Wildman–Crippen MR) is 86.8 cm³/mol. The van der Waals surface area contributed by atoms with Crippen molar-refractivity contribution in [1.29, 1.82) is 0 Å². The molecule has 1 fully saturated rings. The monoisotopic (exact) mass is 311 g/mol. The minimum atomic E-state index is 0.422. The molecule has 1 aromatic heterocycles. The van der Waals surface area contributed by atoms with Crippen LogP contribution in [0.15, 0.2) is 6.07 Å². The average molecular weight is 312 g/mol. The Hall–Kier alpha value is -0.870. The van der Waals surface area contributed by atoms with E-state index >= 15 is 0 Å². The van der Waals surface area contributed by atoms with Crippen molar-refractivity contribution in [3.8, 4) is 0 Å². The lowest BCUT2D eigenvalue weighted by Crippen LogP contribution is -2.40. The van der Waals surface area contributed by atoms with Crippen LogP contribution in [0.4, 0.5) is 5.82 Å². The van der Waals surface area contributed by atoms with Gasteiger partial charge in [-0.3, -0.25) is 0 Å². The van der Waals surface area contributed by atoms with Crippen LogP contribution in [0.5, 0.6) is 0 Å². The first-order valence-corrected chi connectivity index (χ1v) is 8.36. The Kier molecular flexibility index (Phi) is 5.82. The molecule has 0 aromatic carbocycles. The topological polar surface area (TPSA) is 38.2 Å². The van der Waals surface area contributed by atoms with Crippen LogP contribution in [-0.4, -0.2) is 29.7 Å². The van der Waals surface area contributed by atoms with Crippen LogP contribution in [0.3, 0.4) is 0 Å². The third-order valence-electron chi connectivity index (χ3n) is 4.81. The molecule has 1 saturated heterocycles. The minimum absolute atomic E-state index is 0.422. The van der Waals surface area contributed by atoms with E-state index in [0.29, 0.717) is 29.6 Å². The van der Waals surface area contributed by atoms with Gasteiger partial charge in [0.05, 0.1) is 0 Å². The summed E-state index contributed by atoms with van der Waals surface area (Å²) in [6.07, 6.45) is 4.97. The van der Waals surface area contributed by atoms with Crippen LogP contribution in [-0.2, 0) is 11.3 Å². The molecule has 5 heteroatoms. The maximum atomic E-state index is 6.13. The molecule has 4 nitrogen and oxygen atoms in total. The maximum absolute atomic E-state index is 6.13. The van der Waals surface area contributed by atoms with Crippen molar-refractivity contribution in [3.63, 3.8) is 0 Å². The van der Waals surface area contributed by atoms with Crippen molar-refractivity contribution in [1.82, 2.24) is 9.97 Å². The van der Waals surface area contributed by atoms with Crippen molar-refractivity contribution in [3.05, 3.63) is 17.0 Å². The van der Waals surface area contributed by atoms with Gasteiger partial charge in [0.15, 0.2) is 5.82 Å². The van der Waals surface area contributed by atoms with E-state index in [-0.39, 0.29) is 0 Å². The van der Waals surface area contributed by atoms with Crippen LogP contribution in [0.2, 0.25) is 5.15 Å². The van der Waals surface area contributed by atoms with E-state index in [1.54, 1.807) is 0 Å². The number of halogens is 1. The lowest BCUT2D eigenvalue weighted by molar-refractivity contribution is 0.128. The summed E-state index contributed by atoms with van der Waals surface area (Å²) in [7, 11) is 0. The molecule has 0 aliphatic carbocycles. The molecule has 1 aliphatic rings. The second-order valence-corrected chi connectivity index (χ2v) is 6.18. The number of rotatable bonds is 6. The fourth-order valence-electron chi connectivity index (χ4n) is 3.04. The van der Waals surface area contributed by atoms with Crippen LogP contribution in [0.25, 0.3) is 0 Å². The second kappa shape index (κ2) is 7.41. The SMILES string of the molecule is CCOCc1nc(Cl)cc(N2CCC(CC)(CC)CC2)n1. The van der Waals surface area contributed by atoms with E-state index in [1.807, 2.05) is 13.0 Å². The molecule has 0 spiro atoms. The average Bonchev–Trinajstić information content (AvgIpc) is 2.52. The van der Waals surface area contributed by atoms with Gasteiger partial charge in [0, 0.05) is 25.8 Å². The van der Waals surface area contributed by atoms with Gasteiger partial charge in [0.1, 0.15) is 17.6 Å². The number of hydrogen-bond acceptors (Lipinski definition) is 4. The van der Waals surface area contributed by atoms with Gasteiger partial charge in [0.2, 0.25) is 0 Å². The third kappa shape index (κ3) is 4.07. The summed E-state index contributed by atoms with van der Waals surface area (Å²) >= 11 is 6.13. The van der Waals surface area contributed by atoms with Crippen molar-refractivity contribution < 1.29 is 4.74 Å². The highest BCUT2D eigenvalue weighted by Gasteiger charge is 2.31. The lowest BCUT2D eigenvalue weighted by atomic mass is 9.74. The summed E-state index contributed by atoms with van der Waals surface area (Å²) < 4.78 is 5.38. The van der Waals surface area contributed by atoms with E-state index in [2.05, 4.69) is 28.7 Å². The van der Waals surface area contributed by atoms with Gasteiger partial charge < -0.3 is 9.64 Å². The molecule has 0 unspecified atom stereocenters. The van der Waals surface area contributed by atoms with Gasteiger partial charge in [-0.1, -0.05) is 38.3 Å². The predicted octanol–water partition coefficient (Wildman–Crippen LogP) is 4.07. The van der Waals surface area contributed by atoms with Crippen molar-refractivity contribution in [2.45, 2.75) is 53.1 Å². The Morgan fingerprint density at radius 3 is 2.43 bits per heavy atom. The Morgan fingerprint density at radius 2 is 1.86 bits per heavy atom. The number of hydrogen-bond donors (Lipinski definition) is 0. The zero-order chi connectivity index (χ0) is 15.3. The van der Waals surface area contributed by atoms with Crippen LogP contribution < -0.4 is 4.90 Å². The van der Waals surface area contributed by atoms with Gasteiger partial charge in [-0.2, -0.15) is 0 Å². The molecular formula is C16H26ClN3O. The van der Waals surface area contributed by atoms with E-state index in [0.717, 1.165) is 18.9 Å². The third-order valence-corrected chi connectivity index (χ3v) is 5.00. The quantitative estimate of drug-likeness (QED) is 0.742. The fraction of sp³-hybridized carbons (Fsp3) is 0.750. The first-order chi connectivity index (χ1) is 10.1. The Labute approximate surface area is 132 Å². The molecule has 1 aliphatic heterocycles. The molecule has 0 saturated carbocycles. The van der Waals surface area contributed by atoms with Crippen molar-refractivity contribution >= 4 is 17.4 Å². The summed E-state index contributed by atoms with van der Waals surface area (Å²) in [5.41, 5.74) is 0.515. The highest BCUT2D eigenvalue weighted by Crippen LogP contribution is 2.38. The Bertz CT molecular complexity index is 453. The minimum Gasteiger partial charge on any atom is -0.374 e. The molecule has 2 heterocycles. The maximum Gasteiger partial charge on any atom is 0.158 e. The van der Waals surface area contributed by atoms with E-state index in [4.69, 9.17) is 16.3 Å². The Balaban J connectivity index is 2.07. The molecule has 2 rings (SSSR count). The second-order valence-electron chi connectivity index (χ2n) is 5.80. The highest BCUT2D eigenvalue weighted by atomic mass is 35.5. The molecular weight excluding hydrogens is 286 g/mol. The molecule has 118 valence electrons. The van der Waals surface area contributed by atoms with Crippen molar-refractivity contribution in [2.75, 3.05) is 24.6 Å². The number of ether oxygens (including phenoxy) is 1. The first kappa shape index (κ1) is 16.5. The smallest absolute Gasteiger partial charge is 0.158 e. The summed E-state index contributed by atoms with van der Waals surface area (Å²) in [6.45, 7) is 9.75. The van der Waals surface area contributed by atoms with E-state index in [1.165, 1.54) is 25.7 Å². The van der Waals surface area contributed by atoms with Gasteiger partial charge in [-0.15, -0.1) is 0 Å². The van der Waals surface area contributed by atoms with Crippen LogP contribution in [0, 0.1) is 5.41 Å². The normalized spacial score (nSPS) is 18.0. The highest BCUT2D eigenvalue weighted by molar-refractivity contribution is 6.29. The standard InChI is InChI=1S/C16H26ClN3O/c1-4-16(5-2)7-9-20(10-8-16)15-11-13(17)18-14(19-15)12-21-6-3/h11H,4-10,12H2,1-3H3. The number of piperidine rings is 1. The van der Waals surface area contributed by atoms with Gasteiger partial charge in [0.25, 0.3) is 0 Å². The van der Waals surface area contributed by atoms with Gasteiger partial charge >= 0.3 is 0 Å². The molecule has 1 aromatic rings. The summed E-state index contributed by atoms with van der Waals surface area (Å²) in [5, 5.41) is 0.498. The molecule has 0 atom stereocenters. The van der Waals surface area contributed by atoms with Crippen LogP contribution in [0.1, 0.15) is 52.3 Å². The number of anilines is 1. The summed E-state index contributed by atoms with van der Waals surface area (Å²) in [4.78, 5) is 11.2. The lowest BCUT2D eigenvalue weighted by Gasteiger charge is -2.41. The fourth-order valence-corrected chi connectivity index (χ4v) is 3.23. The summed E-state index contributed by atoms with van der Waals surface area (Å²) in [6, 6.07) is 1.86. The van der Waals surface area contributed by atoms with Gasteiger partial charge in [-0.25, -0.2) is 9.97 Å². The molecule has 0 radical (unpaired) electrons. The largest absolute Gasteiger partial charge is 0.374 e.